The second kappa shape index (κ2) is 5.66. The first-order valence-corrected chi connectivity index (χ1v) is 8.35. The number of halogens is 1. The summed E-state index contributed by atoms with van der Waals surface area (Å²) in [4.78, 5) is 16.4. The number of pyridine rings is 1. The molecule has 4 rings (SSSR count). The zero-order chi connectivity index (χ0) is 16.7. The lowest BCUT2D eigenvalue weighted by Crippen LogP contribution is -2.17. The third-order valence-electron chi connectivity index (χ3n) is 4.09. The molecule has 1 aliphatic rings. The molecule has 0 spiro atoms. The van der Waals surface area contributed by atoms with Gasteiger partial charge in [0.15, 0.2) is 0 Å². The highest BCUT2D eigenvalue weighted by atomic mass is 32.2. The Morgan fingerprint density at radius 2 is 1.88 bits per heavy atom. The zero-order valence-electron chi connectivity index (χ0n) is 12.5. The highest BCUT2D eigenvalue weighted by Gasteiger charge is 2.24. The minimum absolute atomic E-state index is 0.0698. The van der Waals surface area contributed by atoms with E-state index in [0.717, 1.165) is 21.7 Å². The summed E-state index contributed by atoms with van der Waals surface area (Å²) >= 11 is 1.66. The maximum absolute atomic E-state index is 13.3. The molecule has 0 atom stereocenters. The van der Waals surface area contributed by atoms with Crippen LogP contribution in [0.1, 0.15) is 11.1 Å². The second-order valence-electron chi connectivity index (χ2n) is 5.46. The van der Waals surface area contributed by atoms with E-state index in [4.69, 9.17) is 0 Å². The molecule has 1 aromatic heterocycles. The summed E-state index contributed by atoms with van der Waals surface area (Å²) in [5, 5.41) is 9.46. The highest BCUT2D eigenvalue weighted by Crippen LogP contribution is 2.43. The smallest absolute Gasteiger partial charge is 0.266 e. The number of fused-ring (bicyclic) bond motifs is 3. The molecule has 0 aliphatic carbocycles. The maximum Gasteiger partial charge on any atom is 0.266 e. The third kappa shape index (κ3) is 2.24. The van der Waals surface area contributed by atoms with Gasteiger partial charge in [0.05, 0.1) is 5.69 Å². The van der Waals surface area contributed by atoms with Crippen molar-refractivity contribution in [3.05, 3.63) is 75.8 Å². The van der Waals surface area contributed by atoms with Crippen molar-refractivity contribution in [1.82, 2.24) is 4.98 Å². The van der Waals surface area contributed by atoms with Gasteiger partial charge in [-0.15, -0.1) is 11.8 Å². The van der Waals surface area contributed by atoms with Gasteiger partial charge in [-0.1, -0.05) is 30.3 Å². The number of aromatic nitrogens is 1. The molecular weight excluding hydrogens is 323 g/mol. The van der Waals surface area contributed by atoms with Crippen LogP contribution in [0.3, 0.4) is 0 Å². The average molecular weight is 334 g/mol. The Kier molecular flexibility index (Phi) is 3.47. The predicted octanol–water partition coefficient (Wildman–Crippen LogP) is 4.33. The highest BCUT2D eigenvalue weighted by molar-refractivity contribution is 7.98. The van der Waals surface area contributed by atoms with E-state index in [1.54, 1.807) is 23.9 Å². The first kappa shape index (κ1) is 14.7. The number of thioether (sulfide) groups is 1. The van der Waals surface area contributed by atoms with Crippen LogP contribution in [0.15, 0.2) is 58.2 Å². The number of rotatable bonds is 1. The number of hydrogen-bond acceptors (Lipinski definition) is 3. The van der Waals surface area contributed by atoms with Gasteiger partial charge in [-0.3, -0.25) is 4.79 Å². The molecule has 0 saturated carbocycles. The number of nitrogens with one attached hydrogen (secondary N) is 1. The van der Waals surface area contributed by atoms with Crippen LogP contribution in [0.25, 0.3) is 22.4 Å². The van der Waals surface area contributed by atoms with Crippen LogP contribution in [-0.4, -0.2) is 4.98 Å². The summed E-state index contributed by atoms with van der Waals surface area (Å²) < 4.78 is 13.3. The van der Waals surface area contributed by atoms with Crippen molar-refractivity contribution < 1.29 is 4.39 Å². The monoisotopic (exact) mass is 334 g/mol. The van der Waals surface area contributed by atoms with Gasteiger partial charge in [0, 0.05) is 21.8 Å². The van der Waals surface area contributed by atoms with Crippen molar-refractivity contribution in [3.8, 4) is 28.5 Å². The molecule has 0 bridgehead atoms. The fraction of sp³-hybridized carbons (Fsp3) is 0.0526. The molecule has 0 unspecified atom stereocenters. The average Bonchev–Trinajstić information content (AvgIpc) is 2.61. The number of H-pyrrole nitrogens is 1. The van der Waals surface area contributed by atoms with Crippen LogP contribution in [0, 0.1) is 17.1 Å². The van der Waals surface area contributed by atoms with E-state index in [1.807, 2.05) is 30.3 Å². The Balaban J connectivity index is 2.08. The number of benzene rings is 2. The van der Waals surface area contributed by atoms with E-state index in [0.29, 0.717) is 16.9 Å². The Labute approximate surface area is 141 Å². The van der Waals surface area contributed by atoms with Crippen molar-refractivity contribution >= 4 is 11.8 Å². The molecule has 2 heterocycles. The quantitative estimate of drug-likeness (QED) is 0.721. The number of nitrogens with zero attached hydrogens (tertiary/aromatic N) is 1. The van der Waals surface area contributed by atoms with Crippen LogP contribution in [-0.2, 0) is 5.75 Å². The first-order valence-electron chi connectivity index (χ1n) is 7.36. The van der Waals surface area contributed by atoms with Gasteiger partial charge in [-0.2, -0.15) is 5.26 Å². The van der Waals surface area contributed by atoms with Crippen molar-refractivity contribution in [1.29, 1.82) is 5.26 Å². The number of aromatic amines is 1. The molecule has 3 aromatic rings. The molecule has 1 N–H and O–H groups in total. The second-order valence-corrected chi connectivity index (χ2v) is 6.48. The van der Waals surface area contributed by atoms with E-state index >= 15 is 0 Å². The molecule has 3 nitrogen and oxygen atoms in total. The largest absolute Gasteiger partial charge is 0.320 e. The minimum Gasteiger partial charge on any atom is -0.320 e. The molecule has 5 heteroatoms. The Morgan fingerprint density at radius 1 is 1.12 bits per heavy atom. The normalized spacial score (nSPS) is 12.2. The predicted molar refractivity (Wildman–Crippen MR) is 92.2 cm³/mol. The van der Waals surface area contributed by atoms with Gasteiger partial charge in [-0.05, 0) is 29.3 Å². The molecule has 0 radical (unpaired) electrons. The summed E-state index contributed by atoms with van der Waals surface area (Å²) in [6.45, 7) is 0. The summed E-state index contributed by atoms with van der Waals surface area (Å²) in [7, 11) is 0. The van der Waals surface area contributed by atoms with Crippen LogP contribution in [0.5, 0.6) is 0 Å². The number of hydrogen-bond donors (Lipinski definition) is 1. The standard InChI is InChI=1S/C19H11FN2OS/c20-12-7-5-11(6-8-12)17-14(9-21)19(23)22-18-13-3-1-2-4-16(13)24-10-15(17)18/h1-8H,10H2,(H,22,23). The van der Waals surface area contributed by atoms with E-state index in [9.17, 15) is 14.4 Å². The molecule has 1 aliphatic heterocycles. The molecule has 0 amide bonds. The summed E-state index contributed by atoms with van der Waals surface area (Å²) in [6, 6.07) is 15.7. The van der Waals surface area contributed by atoms with E-state index in [2.05, 4.69) is 4.98 Å². The Hall–Kier alpha value is -2.84. The van der Waals surface area contributed by atoms with Crippen molar-refractivity contribution in [2.24, 2.45) is 0 Å². The summed E-state index contributed by atoms with van der Waals surface area (Å²) in [6.07, 6.45) is 0. The van der Waals surface area contributed by atoms with E-state index in [1.165, 1.54) is 12.1 Å². The number of nitriles is 1. The third-order valence-corrected chi connectivity index (χ3v) is 5.19. The van der Waals surface area contributed by atoms with Gasteiger partial charge < -0.3 is 4.98 Å². The van der Waals surface area contributed by atoms with Crippen LogP contribution in [0.2, 0.25) is 0 Å². The lowest BCUT2D eigenvalue weighted by atomic mass is 9.93. The van der Waals surface area contributed by atoms with Gasteiger partial charge >= 0.3 is 0 Å². The van der Waals surface area contributed by atoms with Gasteiger partial charge in [0.2, 0.25) is 0 Å². The fourth-order valence-electron chi connectivity index (χ4n) is 3.01. The van der Waals surface area contributed by atoms with E-state index < -0.39 is 5.56 Å². The van der Waals surface area contributed by atoms with Crippen molar-refractivity contribution in [2.75, 3.05) is 0 Å². The summed E-state index contributed by atoms with van der Waals surface area (Å²) in [5.41, 5.74) is 3.52. The van der Waals surface area contributed by atoms with Gasteiger partial charge in [0.1, 0.15) is 17.4 Å². The molecular formula is C19H11FN2OS. The lowest BCUT2D eigenvalue weighted by Gasteiger charge is -2.22. The molecule has 0 saturated heterocycles. The van der Waals surface area contributed by atoms with Crippen LogP contribution in [0.4, 0.5) is 4.39 Å². The SMILES string of the molecule is N#Cc1c(-c2ccc(F)cc2)c2c([nH]c1=O)-c1ccccc1SC2. The van der Waals surface area contributed by atoms with Gasteiger partial charge in [0.25, 0.3) is 5.56 Å². The van der Waals surface area contributed by atoms with Gasteiger partial charge in [-0.25, -0.2) is 4.39 Å². The van der Waals surface area contributed by atoms with Crippen molar-refractivity contribution in [2.45, 2.75) is 10.6 Å². The Morgan fingerprint density at radius 3 is 2.62 bits per heavy atom. The molecule has 0 fully saturated rings. The van der Waals surface area contributed by atoms with Crippen LogP contribution >= 0.6 is 11.8 Å². The van der Waals surface area contributed by atoms with Crippen molar-refractivity contribution in [3.63, 3.8) is 0 Å². The first-order chi connectivity index (χ1) is 11.7. The lowest BCUT2D eigenvalue weighted by molar-refractivity contribution is 0.628. The van der Waals surface area contributed by atoms with Crippen LogP contribution < -0.4 is 5.56 Å². The molecule has 116 valence electrons. The molecule has 2 aromatic carbocycles. The molecule has 24 heavy (non-hydrogen) atoms. The minimum atomic E-state index is -0.419. The van der Waals surface area contributed by atoms with E-state index in [-0.39, 0.29) is 11.4 Å². The maximum atomic E-state index is 13.3. The zero-order valence-corrected chi connectivity index (χ0v) is 13.3. The fourth-order valence-corrected chi connectivity index (χ4v) is 4.09. The summed E-state index contributed by atoms with van der Waals surface area (Å²) in [5.74, 6) is 0.292. The topological polar surface area (TPSA) is 56.6 Å². The Bertz CT molecular complexity index is 1050.